The van der Waals surface area contributed by atoms with Gasteiger partial charge in [0.1, 0.15) is 5.52 Å². The van der Waals surface area contributed by atoms with Gasteiger partial charge in [0.2, 0.25) is 0 Å². The Labute approximate surface area is 226 Å². The maximum absolute atomic E-state index is 13.8. The van der Waals surface area contributed by atoms with Crippen LogP contribution in [0.2, 0.25) is 0 Å². The molecule has 3 aromatic heterocycles. The molecule has 5 rings (SSSR count). The molecule has 0 atom stereocenters. The molecule has 0 spiro atoms. The van der Waals surface area contributed by atoms with Gasteiger partial charge in [-0.05, 0) is 36.1 Å². The van der Waals surface area contributed by atoms with Gasteiger partial charge in [0.15, 0.2) is 5.56 Å². The summed E-state index contributed by atoms with van der Waals surface area (Å²) < 4.78 is 6.92. The molecule has 1 aliphatic rings. The quantitative estimate of drug-likeness (QED) is 0.336. The summed E-state index contributed by atoms with van der Waals surface area (Å²) in [4.78, 5) is 48.9. The van der Waals surface area contributed by atoms with Crippen molar-refractivity contribution in [1.29, 1.82) is 0 Å². The summed E-state index contributed by atoms with van der Waals surface area (Å²) >= 11 is 1.42. The number of piperazine rings is 1. The van der Waals surface area contributed by atoms with Crippen molar-refractivity contribution in [3.8, 4) is 0 Å². The zero-order valence-corrected chi connectivity index (χ0v) is 22.7. The zero-order chi connectivity index (χ0) is 27.1. The third-order valence-electron chi connectivity index (χ3n) is 6.28. The second-order valence-electron chi connectivity index (χ2n) is 8.45. The van der Waals surface area contributed by atoms with Crippen molar-refractivity contribution in [1.82, 2.24) is 14.5 Å². The SMILES string of the molecule is CC.CCOC(=O)c1c(N2CCN(C(=O)c3cccs3)CC2)c2ncccc2n(Cc2ccccc2)c1=O. The second kappa shape index (κ2) is 12.5. The number of rotatable bonds is 6. The molecule has 1 fully saturated rings. The molecule has 1 saturated heterocycles. The fraction of sp³-hybridized carbons (Fsp3) is 0.310. The first-order chi connectivity index (χ1) is 18.6. The molecule has 8 nitrogen and oxygen atoms in total. The van der Waals surface area contributed by atoms with Gasteiger partial charge in [-0.2, -0.15) is 0 Å². The number of aromatic nitrogens is 2. The van der Waals surface area contributed by atoms with Crippen molar-refractivity contribution in [3.05, 3.63) is 92.5 Å². The first kappa shape index (κ1) is 27.1. The monoisotopic (exact) mass is 532 g/mol. The Morgan fingerprint density at radius 3 is 2.37 bits per heavy atom. The summed E-state index contributed by atoms with van der Waals surface area (Å²) in [5, 5.41) is 1.89. The molecule has 1 aromatic carbocycles. The number of hydrogen-bond donors (Lipinski definition) is 0. The molecule has 1 amide bonds. The van der Waals surface area contributed by atoms with Crippen molar-refractivity contribution in [2.45, 2.75) is 27.3 Å². The van der Waals surface area contributed by atoms with E-state index < -0.39 is 11.5 Å². The van der Waals surface area contributed by atoms with Crippen LogP contribution in [0.5, 0.6) is 0 Å². The molecule has 198 valence electrons. The Bertz CT molecular complexity index is 1440. The number of carbonyl (C=O) groups is 2. The highest BCUT2D eigenvalue weighted by Gasteiger charge is 2.31. The number of pyridine rings is 2. The third-order valence-corrected chi connectivity index (χ3v) is 7.13. The topological polar surface area (TPSA) is 84.7 Å². The fourth-order valence-electron chi connectivity index (χ4n) is 4.57. The van der Waals surface area contributed by atoms with Gasteiger partial charge >= 0.3 is 5.97 Å². The van der Waals surface area contributed by atoms with E-state index in [1.54, 1.807) is 28.7 Å². The molecular formula is C29H32N4O4S. The predicted molar refractivity (Wildman–Crippen MR) is 151 cm³/mol. The lowest BCUT2D eigenvalue weighted by Gasteiger charge is -2.37. The van der Waals surface area contributed by atoms with E-state index in [1.165, 1.54) is 11.3 Å². The minimum Gasteiger partial charge on any atom is -0.462 e. The molecule has 0 radical (unpaired) electrons. The third kappa shape index (κ3) is 5.47. The van der Waals surface area contributed by atoms with E-state index in [0.29, 0.717) is 54.3 Å². The van der Waals surface area contributed by atoms with Gasteiger partial charge in [0.05, 0.1) is 29.2 Å². The standard InChI is InChI=1S/C27H26N4O4S.C2H6/c1-2-35-27(34)22-24(29-13-15-30(16-14-29)25(32)21-11-7-17-36-21)23-20(10-6-12-28-23)31(26(22)33)18-19-8-4-3-5-9-19;1-2/h3-12,17H,2,13-16,18H2,1H3;1-2H3. The van der Waals surface area contributed by atoms with Crippen LogP contribution in [0.3, 0.4) is 0 Å². The molecule has 0 N–H and O–H groups in total. The molecule has 0 aliphatic carbocycles. The Kier molecular flexibility index (Phi) is 8.91. The summed E-state index contributed by atoms with van der Waals surface area (Å²) in [6, 6.07) is 17.0. The molecule has 1 aliphatic heterocycles. The van der Waals surface area contributed by atoms with Gasteiger partial charge in [-0.25, -0.2) is 4.79 Å². The number of benzene rings is 1. The average molecular weight is 533 g/mol. The van der Waals surface area contributed by atoms with Crippen LogP contribution in [0.4, 0.5) is 5.69 Å². The molecular weight excluding hydrogens is 500 g/mol. The normalized spacial score (nSPS) is 13.1. The Balaban J connectivity index is 0.00000164. The number of carbonyl (C=O) groups excluding carboxylic acids is 2. The van der Waals surface area contributed by atoms with Crippen LogP contribution in [0.25, 0.3) is 11.0 Å². The first-order valence-electron chi connectivity index (χ1n) is 12.9. The van der Waals surface area contributed by atoms with Gasteiger partial charge in [-0.15, -0.1) is 11.3 Å². The minimum absolute atomic E-state index is 0.00322. The summed E-state index contributed by atoms with van der Waals surface area (Å²) in [5.41, 5.74) is 2.19. The summed E-state index contributed by atoms with van der Waals surface area (Å²) in [6.07, 6.45) is 1.66. The lowest BCUT2D eigenvalue weighted by molar-refractivity contribution is 0.0523. The Morgan fingerprint density at radius 2 is 1.71 bits per heavy atom. The molecule has 0 saturated carbocycles. The van der Waals surface area contributed by atoms with Crippen LogP contribution in [0.15, 0.2) is 71.0 Å². The largest absolute Gasteiger partial charge is 0.462 e. The number of fused-ring (bicyclic) bond motifs is 1. The van der Waals surface area contributed by atoms with Gasteiger partial charge in [0, 0.05) is 32.4 Å². The van der Waals surface area contributed by atoms with Crippen LogP contribution in [0, 0.1) is 0 Å². The highest BCUT2D eigenvalue weighted by molar-refractivity contribution is 7.12. The van der Waals surface area contributed by atoms with Crippen LogP contribution in [0.1, 0.15) is 46.4 Å². The number of nitrogens with zero attached hydrogens (tertiary/aromatic N) is 4. The van der Waals surface area contributed by atoms with E-state index in [4.69, 9.17) is 4.74 Å². The number of ether oxygens (including phenoxy) is 1. The number of esters is 1. The second-order valence-corrected chi connectivity index (χ2v) is 9.40. The molecule has 0 unspecified atom stereocenters. The van der Waals surface area contributed by atoms with Crippen LogP contribution < -0.4 is 10.5 Å². The highest BCUT2D eigenvalue weighted by atomic mass is 32.1. The Hall–Kier alpha value is -3.98. The van der Waals surface area contributed by atoms with E-state index in [-0.39, 0.29) is 18.1 Å². The number of amides is 1. The molecule has 9 heteroatoms. The summed E-state index contributed by atoms with van der Waals surface area (Å²) in [5.74, 6) is -0.666. The number of hydrogen-bond acceptors (Lipinski definition) is 7. The van der Waals surface area contributed by atoms with E-state index in [9.17, 15) is 14.4 Å². The van der Waals surface area contributed by atoms with E-state index in [0.717, 1.165) is 5.56 Å². The van der Waals surface area contributed by atoms with E-state index >= 15 is 0 Å². The molecule has 38 heavy (non-hydrogen) atoms. The minimum atomic E-state index is -0.663. The first-order valence-corrected chi connectivity index (χ1v) is 13.8. The fourth-order valence-corrected chi connectivity index (χ4v) is 5.26. The van der Waals surface area contributed by atoms with E-state index in [2.05, 4.69) is 4.98 Å². The van der Waals surface area contributed by atoms with Crippen molar-refractivity contribution in [3.63, 3.8) is 0 Å². The predicted octanol–water partition coefficient (Wildman–Crippen LogP) is 4.67. The highest BCUT2D eigenvalue weighted by Crippen LogP contribution is 2.30. The van der Waals surface area contributed by atoms with Gasteiger partial charge < -0.3 is 19.1 Å². The van der Waals surface area contributed by atoms with Gasteiger partial charge in [-0.3, -0.25) is 14.6 Å². The molecule has 4 heterocycles. The lowest BCUT2D eigenvalue weighted by atomic mass is 10.1. The maximum Gasteiger partial charge on any atom is 0.346 e. The zero-order valence-electron chi connectivity index (χ0n) is 21.9. The maximum atomic E-state index is 13.8. The lowest BCUT2D eigenvalue weighted by Crippen LogP contribution is -2.49. The van der Waals surface area contributed by atoms with Crippen LogP contribution >= 0.6 is 11.3 Å². The molecule has 0 bridgehead atoms. The molecule has 4 aromatic rings. The average Bonchev–Trinajstić information content (AvgIpc) is 3.51. The number of anilines is 1. The van der Waals surface area contributed by atoms with Crippen molar-refractivity contribution < 1.29 is 14.3 Å². The summed E-state index contributed by atoms with van der Waals surface area (Å²) in [6.45, 7) is 8.06. The van der Waals surface area contributed by atoms with Gasteiger partial charge in [0.25, 0.3) is 11.5 Å². The van der Waals surface area contributed by atoms with Gasteiger partial charge in [-0.1, -0.05) is 50.2 Å². The van der Waals surface area contributed by atoms with E-state index in [1.807, 2.05) is 72.7 Å². The van der Waals surface area contributed by atoms with Crippen molar-refractivity contribution >= 4 is 39.9 Å². The smallest absolute Gasteiger partial charge is 0.346 e. The van der Waals surface area contributed by atoms with Crippen LogP contribution in [-0.2, 0) is 11.3 Å². The number of thiophene rings is 1. The summed E-state index contributed by atoms with van der Waals surface area (Å²) in [7, 11) is 0. The van der Waals surface area contributed by atoms with Crippen molar-refractivity contribution in [2.75, 3.05) is 37.7 Å². The van der Waals surface area contributed by atoms with Crippen LogP contribution in [-0.4, -0.2) is 59.1 Å². The van der Waals surface area contributed by atoms with Crippen molar-refractivity contribution in [2.24, 2.45) is 0 Å². The Morgan fingerprint density at radius 1 is 0.974 bits per heavy atom.